The van der Waals surface area contributed by atoms with Crippen molar-refractivity contribution in [2.24, 2.45) is 0 Å². The van der Waals surface area contributed by atoms with E-state index in [0.717, 1.165) is 11.3 Å². The van der Waals surface area contributed by atoms with E-state index < -0.39 is 0 Å². The van der Waals surface area contributed by atoms with Gasteiger partial charge in [0.25, 0.3) is 0 Å². The highest BCUT2D eigenvalue weighted by molar-refractivity contribution is 5.61. The Kier molecular flexibility index (Phi) is 7.79. The van der Waals surface area contributed by atoms with Gasteiger partial charge in [0.1, 0.15) is 0 Å². The van der Waals surface area contributed by atoms with E-state index in [2.05, 4.69) is 24.7 Å². The van der Waals surface area contributed by atoms with Crippen LogP contribution in [0.25, 0.3) is 12.2 Å². The molecule has 2 nitrogen and oxygen atoms in total. The van der Waals surface area contributed by atoms with E-state index in [1.54, 1.807) is 30.5 Å². The minimum absolute atomic E-state index is 0.772. The molecule has 0 radical (unpaired) electrons. The fourth-order valence-corrected chi connectivity index (χ4v) is 0.858. The quantitative estimate of drug-likeness (QED) is 0.564. The first-order valence-corrected chi connectivity index (χ1v) is 4.67. The molecule has 0 aromatic carbocycles. The standard InChI is InChI=1S/C10H8N2.C4H6/c1-2-9-5-4-8-12-10(9)6-3-7-11;1-3-4-2/h2-6,8H,1H2;3-4H,1-2H2. The van der Waals surface area contributed by atoms with Gasteiger partial charge in [-0.25, -0.2) is 0 Å². The Hall–Kier alpha value is -2.40. The number of nitrogens with zero attached hydrogens (tertiary/aromatic N) is 2. The van der Waals surface area contributed by atoms with Crippen molar-refractivity contribution in [3.05, 3.63) is 67.6 Å². The van der Waals surface area contributed by atoms with Crippen LogP contribution < -0.4 is 0 Å². The van der Waals surface area contributed by atoms with E-state index in [9.17, 15) is 0 Å². The fourth-order valence-electron chi connectivity index (χ4n) is 0.858. The molecule has 0 atom stereocenters. The van der Waals surface area contributed by atoms with Gasteiger partial charge in [-0.05, 0) is 17.7 Å². The summed E-state index contributed by atoms with van der Waals surface area (Å²) in [5.41, 5.74) is 1.71. The summed E-state index contributed by atoms with van der Waals surface area (Å²) in [7, 11) is 0. The van der Waals surface area contributed by atoms with E-state index in [4.69, 9.17) is 5.26 Å². The zero-order chi connectivity index (χ0) is 12.2. The molecule has 0 bridgehead atoms. The lowest BCUT2D eigenvalue weighted by atomic mass is 10.2. The van der Waals surface area contributed by atoms with Crippen LogP contribution in [-0.2, 0) is 0 Å². The number of hydrogen-bond donors (Lipinski definition) is 0. The molecular formula is C14H14N2. The highest BCUT2D eigenvalue weighted by atomic mass is 14.7. The van der Waals surface area contributed by atoms with Crippen LogP contribution in [0.1, 0.15) is 11.3 Å². The van der Waals surface area contributed by atoms with Gasteiger partial charge < -0.3 is 0 Å². The Morgan fingerprint density at radius 3 is 2.44 bits per heavy atom. The van der Waals surface area contributed by atoms with Gasteiger partial charge in [0.15, 0.2) is 0 Å². The smallest absolute Gasteiger partial charge is 0.0912 e. The summed E-state index contributed by atoms with van der Waals surface area (Å²) in [5, 5.41) is 8.30. The SMILES string of the molecule is C=CC=C.C=Cc1cccnc1C=CC#N. The van der Waals surface area contributed by atoms with Gasteiger partial charge in [0.05, 0.1) is 11.8 Å². The van der Waals surface area contributed by atoms with Crippen molar-refractivity contribution in [3.8, 4) is 6.07 Å². The third kappa shape index (κ3) is 5.36. The molecule has 0 saturated heterocycles. The molecule has 0 spiro atoms. The second kappa shape index (κ2) is 9.17. The number of pyridine rings is 1. The Morgan fingerprint density at radius 2 is 1.94 bits per heavy atom. The van der Waals surface area contributed by atoms with Crippen molar-refractivity contribution in [1.82, 2.24) is 4.98 Å². The summed E-state index contributed by atoms with van der Waals surface area (Å²) >= 11 is 0. The van der Waals surface area contributed by atoms with Crippen molar-refractivity contribution in [1.29, 1.82) is 5.26 Å². The van der Waals surface area contributed by atoms with Gasteiger partial charge in [0.2, 0.25) is 0 Å². The van der Waals surface area contributed by atoms with Crippen LogP contribution >= 0.6 is 0 Å². The molecule has 0 N–H and O–H groups in total. The maximum absolute atomic E-state index is 8.30. The zero-order valence-electron chi connectivity index (χ0n) is 9.13. The lowest BCUT2D eigenvalue weighted by Gasteiger charge is -1.96. The molecule has 0 aliphatic heterocycles. The molecule has 80 valence electrons. The Bertz CT molecular complexity index is 417. The second-order valence-corrected chi connectivity index (χ2v) is 2.62. The van der Waals surface area contributed by atoms with Crippen LogP contribution in [0.2, 0.25) is 0 Å². The monoisotopic (exact) mass is 210 g/mol. The van der Waals surface area contributed by atoms with Crippen LogP contribution in [0, 0.1) is 11.3 Å². The lowest BCUT2D eigenvalue weighted by molar-refractivity contribution is 1.28. The van der Waals surface area contributed by atoms with Crippen molar-refractivity contribution >= 4 is 12.2 Å². The van der Waals surface area contributed by atoms with E-state index in [1.807, 2.05) is 18.2 Å². The Morgan fingerprint density at radius 1 is 1.25 bits per heavy atom. The number of aromatic nitrogens is 1. The minimum Gasteiger partial charge on any atom is -0.256 e. The molecule has 0 amide bonds. The topological polar surface area (TPSA) is 36.7 Å². The van der Waals surface area contributed by atoms with Gasteiger partial charge in [0, 0.05) is 12.3 Å². The van der Waals surface area contributed by atoms with Crippen LogP contribution in [0.3, 0.4) is 0 Å². The molecule has 0 unspecified atom stereocenters. The highest BCUT2D eigenvalue weighted by Gasteiger charge is 1.92. The first kappa shape index (κ1) is 13.6. The molecule has 0 aliphatic carbocycles. The molecule has 1 rings (SSSR count). The summed E-state index contributed by atoms with van der Waals surface area (Å²) in [5.74, 6) is 0. The van der Waals surface area contributed by atoms with E-state index >= 15 is 0 Å². The second-order valence-electron chi connectivity index (χ2n) is 2.62. The molecule has 16 heavy (non-hydrogen) atoms. The third-order valence-corrected chi connectivity index (χ3v) is 1.57. The van der Waals surface area contributed by atoms with Crippen molar-refractivity contribution in [2.45, 2.75) is 0 Å². The molecule has 0 saturated carbocycles. The average Bonchev–Trinajstić information content (AvgIpc) is 2.37. The fraction of sp³-hybridized carbons (Fsp3) is 0. The van der Waals surface area contributed by atoms with Gasteiger partial charge >= 0.3 is 0 Å². The number of hydrogen-bond acceptors (Lipinski definition) is 2. The zero-order valence-corrected chi connectivity index (χ0v) is 9.13. The van der Waals surface area contributed by atoms with Gasteiger partial charge in [-0.15, -0.1) is 0 Å². The van der Waals surface area contributed by atoms with E-state index in [-0.39, 0.29) is 0 Å². The van der Waals surface area contributed by atoms with Gasteiger partial charge in [-0.1, -0.05) is 44.0 Å². The Labute approximate surface area is 96.6 Å². The summed E-state index contributed by atoms with van der Waals surface area (Å²) in [4.78, 5) is 4.08. The minimum atomic E-state index is 0.772. The maximum atomic E-state index is 8.30. The molecule has 1 aromatic heterocycles. The molecule has 1 aromatic rings. The van der Waals surface area contributed by atoms with Crippen molar-refractivity contribution in [3.63, 3.8) is 0 Å². The molecular weight excluding hydrogens is 196 g/mol. The van der Waals surface area contributed by atoms with Gasteiger partial charge in [-0.2, -0.15) is 5.26 Å². The molecule has 0 fully saturated rings. The van der Waals surface area contributed by atoms with Crippen LogP contribution in [0.4, 0.5) is 0 Å². The summed E-state index contributed by atoms with van der Waals surface area (Å²) in [6, 6.07) is 5.65. The molecule has 0 aliphatic rings. The van der Waals surface area contributed by atoms with Crippen molar-refractivity contribution < 1.29 is 0 Å². The lowest BCUT2D eigenvalue weighted by Crippen LogP contribution is -1.83. The average molecular weight is 210 g/mol. The van der Waals surface area contributed by atoms with Crippen LogP contribution in [0.15, 0.2) is 56.3 Å². The highest BCUT2D eigenvalue weighted by Crippen LogP contribution is 2.07. The number of rotatable bonds is 3. The predicted octanol–water partition coefficient (Wildman–Crippen LogP) is 3.62. The van der Waals surface area contributed by atoms with Crippen molar-refractivity contribution in [2.75, 3.05) is 0 Å². The normalized spacial score (nSPS) is 8.44. The predicted molar refractivity (Wildman–Crippen MR) is 69.4 cm³/mol. The molecule has 2 heteroatoms. The number of nitriles is 1. The summed E-state index contributed by atoms with van der Waals surface area (Å²) < 4.78 is 0. The van der Waals surface area contributed by atoms with E-state index in [0.29, 0.717) is 0 Å². The van der Waals surface area contributed by atoms with Crippen LogP contribution in [0.5, 0.6) is 0 Å². The third-order valence-electron chi connectivity index (χ3n) is 1.57. The largest absolute Gasteiger partial charge is 0.256 e. The maximum Gasteiger partial charge on any atom is 0.0912 e. The first-order chi connectivity index (χ1) is 7.79. The van der Waals surface area contributed by atoms with Crippen LogP contribution in [-0.4, -0.2) is 4.98 Å². The van der Waals surface area contributed by atoms with Gasteiger partial charge in [-0.3, -0.25) is 4.98 Å². The number of allylic oxidation sites excluding steroid dienone is 3. The van der Waals surface area contributed by atoms with E-state index in [1.165, 1.54) is 6.08 Å². The molecule has 1 heterocycles. The Balaban J connectivity index is 0.000000487. The first-order valence-electron chi connectivity index (χ1n) is 4.67. The summed E-state index contributed by atoms with van der Waals surface area (Å²) in [6.45, 7) is 10.4. The summed E-state index contributed by atoms with van der Waals surface area (Å²) in [6.07, 6.45) is 9.74.